The number of nitrogens with one attached hydrogen (secondary N) is 1. The van der Waals surface area contributed by atoms with Gasteiger partial charge in [0.1, 0.15) is 24.9 Å². The summed E-state index contributed by atoms with van der Waals surface area (Å²) in [6.07, 6.45) is -1.41. The Labute approximate surface area is 328 Å². The molecule has 0 spiro atoms. The first-order chi connectivity index (χ1) is 26.7. The molecular weight excluding hydrogens is 725 g/mol. The molecule has 13 heteroatoms. The Morgan fingerprint density at radius 1 is 0.927 bits per heavy atom. The van der Waals surface area contributed by atoms with Gasteiger partial charge >= 0.3 is 12.1 Å². The van der Waals surface area contributed by atoms with Gasteiger partial charge in [0.25, 0.3) is 0 Å². The number of hydrogen-bond acceptors (Lipinski definition) is 12. The highest BCUT2D eigenvalue weighted by Crippen LogP contribution is 2.44. The van der Waals surface area contributed by atoms with Crippen LogP contribution in [-0.4, -0.2) is 116 Å². The monoisotopic (exact) mass is 778 g/mol. The van der Waals surface area contributed by atoms with Gasteiger partial charge in [0, 0.05) is 39.1 Å². The van der Waals surface area contributed by atoms with Crippen LogP contribution < -0.4 is 5.48 Å². The molecule has 3 aliphatic rings. The molecule has 6 rings (SSSR count). The van der Waals surface area contributed by atoms with Crippen LogP contribution in [0.5, 0.6) is 0 Å². The molecule has 1 amide bonds. The fourth-order valence-electron chi connectivity index (χ4n) is 7.70. The molecule has 2 N–H and O–H groups in total. The summed E-state index contributed by atoms with van der Waals surface area (Å²) in [5, 5.41) is 11.4. The predicted molar refractivity (Wildman–Crippen MR) is 209 cm³/mol. The lowest BCUT2D eigenvalue weighted by atomic mass is 9.97. The van der Waals surface area contributed by atoms with Crippen LogP contribution in [0.15, 0.2) is 78.9 Å². The Morgan fingerprint density at radius 3 is 2.25 bits per heavy atom. The van der Waals surface area contributed by atoms with Crippen molar-refractivity contribution < 1.29 is 48.0 Å². The van der Waals surface area contributed by atoms with Crippen molar-refractivity contribution in [2.24, 2.45) is 0 Å². The largest absolute Gasteiger partial charge is 0.457 e. The number of esters is 1. The van der Waals surface area contributed by atoms with Crippen molar-refractivity contribution in [2.45, 2.75) is 100 Å². The third-order valence-corrected chi connectivity index (χ3v) is 11.9. The van der Waals surface area contributed by atoms with Crippen LogP contribution >= 0.6 is 11.8 Å². The van der Waals surface area contributed by atoms with E-state index in [2.05, 4.69) is 29.7 Å². The van der Waals surface area contributed by atoms with Gasteiger partial charge in [-0.15, -0.1) is 0 Å². The number of rotatable bonds is 16. The molecule has 0 radical (unpaired) electrons. The smallest absolute Gasteiger partial charge is 0.409 e. The van der Waals surface area contributed by atoms with Crippen LogP contribution in [-0.2, 0) is 33.3 Å². The Bertz CT molecular complexity index is 1650. The number of carbonyl (C=O) groups excluding carboxylic acids is 2. The first kappa shape index (κ1) is 41.1. The van der Waals surface area contributed by atoms with E-state index < -0.39 is 49.0 Å². The zero-order valence-electron chi connectivity index (χ0n) is 32.2. The predicted octanol–water partition coefficient (Wildman–Crippen LogP) is 6.16. The number of amides is 1. The van der Waals surface area contributed by atoms with Crippen LogP contribution in [0.2, 0.25) is 0 Å². The zero-order valence-corrected chi connectivity index (χ0v) is 33.0. The van der Waals surface area contributed by atoms with Gasteiger partial charge in [-0.05, 0) is 74.3 Å². The standard InChI is InChI=1S/C42H54N2O10S/c1-6-44(42(47)50-25-33-31-20-12-10-18-29(31)30-19-11-13-21-32(30)33)22-14-15-23-49-38-37(45)36(26(2)52-41(38)48-4)43-54-35-24-34(39(55-5)27(3)51-35)53-40(46)28-16-8-7-9-17-28/h7-13,16-21,26-27,33-39,41,43,45H,6,14-15,22-25H2,1-5H3/t26-,27-,34+,35+,36-,37+,38-,39-,41+/m1/s1. The first-order valence-corrected chi connectivity index (χ1v) is 20.5. The normalized spacial score (nSPS) is 27.6. The number of aliphatic hydroxyl groups excluding tert-OH is 1. The van der Waals surface area contributed by atoms with E-state index in [4.69, 9.17) is 33.3 Å². The number of aliphatic hydroxyl groups is 1. The van der Waals surface area contributed by atoms with E-state index in [1.165, 1.54) is 29.4 Å². The number of unbranched alkanes of at least 4 members (excludes halogenated alkanes) is 1. The third-order valence-electron chi connectivity index (χ3n) is 10.7. The van der Waals surface area contributed by atoms with Gasteiger partial charge in [-0.3, -0.25) is 4.84 Å². The lowest BCUT2D eigenvalue weighted by Gasteiger charge is -2.44. The Morgan fingerprint density at radius 2 is 1.60 bits per heavy atom. The minimum absolute atomic E-state index is 0.000520. The van der Waals surface area contributed by atoms with E-state index in [1.54, 1.807) is 40.9 Å². The van der Waals surface area contributed by atoms with E-state index in [0.717, 1.165) is 0 Å². The average molecular weight is 779 g/mol. The molecule has 0 aromatic heterocycles. The average Bonchev–Trinajstić information content (AvgIpc) is 3.52. The summed E-state index contributed by atoms with van der Waals surface area (Å²) in [5.41, 5.74) is 8.17. The van der Waals surface area contributed by atoms with Gasteiger partial charge in [0.2, 0.25) is 0 Å². The number of carbonyl (C=O) groups is 2. The molecule has 2 heterocycles. The summed E-state index contributed by atoms with van der Waals surface area (Å²) < 4.78 is 35.7. The van der Waals surface area contributed by atoms with E-state index in [9.17, 15) is 14.7 Å². The summed E-state index contributed by atoms with van der Waals surface area (Å²) in [5.74, 6) is -0.402. The van der Waals surface area contributed by atoms with Crippen molar-refractivity contribution in [1.29, 1.82) is 0 Å². The van der Waals surface area contributed by atoms with E-state index in [1.807, 2.05) is 57.4 Å². The molecule has 1 aliphatic carbocycles. The van der Waals surface area contributed by atoms with Gasteiger partial charge in [-0.2, -0.15) is 17.2 Å². The summed E-state index contributed by atoms with van der Waals surface area (Å²) >= 11 is 1.57. The van der Waals surface area contributed by atoms with Crippen molar-refractivity contribution in [3.63, 3.8) is 0 Å². The van der Waals surface area contributed by atoms with Gasteiger partial charge in [-0.1, -0.05) is 66.7 Å². The summed E-state index contributed by atoms with van der Waals surface area (Å²) in [7, 11) is 1.51. The van der Waals surface area contributed by atoms with Gasteiger partial charge in [0.05, 0.1) is 29.1 Å². The van der Waals surface area contributed by atoms with Crippen molar-refractivity contribution in [3.05, 3.63) is 95.6 Å². The molecule has 0 saturated carbocycles. The van der Waals surface area contributed by atoms with E-state index in [0.29, 0.717) is 44.5 Å². The quantitative estimate of drug-likeness (QED) is 0.0981. The van der Waals surface area contributed by atoms with Crippen LogP contribution in [0.4, 0.5) is 4.79 Å². The molecule has 12 nitrogen and oxygen atoms in total. The molecule has 298 valence electrons. The number of fused-ring (bicyclic) bond motifs is 3. The maximum atomic E-state index is 13.2. The van der Waals surface area contributed by atoms with Gasteiger partial charge < -0.3 is 38.4 Å². The number of ether oxygens (including phenoxy) is 6. The van der Waals surface area contributed by atoms with Crippen LogP contribution in [0.1, 0.15) is 67.4 Å². The SMILES string of the molecule is CCN(CCCCO[C@H]1[C@@H](OC)O[C@H](C)[C@@H](NO[C@H]2C[C@H](OC(=O)c3ccccc3)[C@H](SC)[C@@H](C)O2)[C@@H]1O)C(=O)OCC1c2ccccc2-c2ccccc21. The molecular formula is C42H54N2O10S. The highest BCUT2D eigenvalue weighted by atomic mass is 32.2. The Hall–Kier alpha value is -3.53. The summed E-state index contributed by atoms with van der Waals surface area (Å²) in [6, 6.07) is 24.8. The van der Waals surface area contributed by atoms with Gasteiger partial charge in [-0.25, -0.2) is 9.59 Å². The number of hydrogen-bond donors (Lipinski definition) is 2. The van der Waals surface area contributed by atoms with E-state index in [-0.39, 0.29) is 30.0 Å². The molecule has 2 aliphatic heterocycles. The molecule has 0 bridgehead atoms. The van der Waals surface area contributed by atoms with Crippen molar-refractivity contribution in [2.75, 3.05) is 39.7 Å². The molecule has 2 saturated heterocycles. The Kier molecular flexibility index (Phi) is 14.6. The summed E-state index contributed by atoms with van der Waals surface area (Å²) in [4.78, 5) is 33.7. The second kappa shape index (κ2) is 19.6. The Balaban J connectivity index is 0.961. The molecule has 9 atom stereocenters. The second-order valence-electron chi connectivity index (χ2n) is 14.1. The molecule has 3 aromatic carbocycles. The molecule has 2 fully saturated rings. The van der Waals surface area contributed by atoms with Crippen molar-refractivity contribution in [3.8, 4) is 11.1 Å². The van der Waals surface area contributed by atoms with Gasteiger partial charge in [0.15, 0.2) is 12.6 Å². The minimum Gasteiger partial charge on any atom is -0.457 e. The number of thioether (sulfide) groups is 1. The number of hydroxylamine groups is 1. The molecule has 0 unspecified atom stereocenters. The number of benzene rings is 3. The van der Waals surface area contributed by atoms with E-state index >= 15 is 0 Å². The van der Waals surface area contributed by atoms with Crippen LogP contribution in [0, 0.1) is 0 Å². The zero-order chi connectivity index (χ0) is 38.9. The molecule has 55 heavy (non-hydrogen) atoms. The maximum Gasteiger partial charge on any atom is 0.409 e. The topological polar surface area (TPSA) is 134 Å². The minimum atomic E-state index is -1.05. The number of methoxy groups -OCH3 is 1. The van der Waals surface area contributed by atoms with Crippen LogP contribution in [0.25, 0.3) is 11.1 Å². The highest BCUT2D eigenvalue weighted by molar-refractivity contribution is 7.99. The summed E-state index contributed by atoms with van der Waals surface area (Å²) in [6.45, 7) is 7.27. The first-order valence-electron chi connectivity index (χ1n) is 19.2. The molecule has 3 aromatic rings. The van der Waals surface area contributed by atoms with Crippen molar-refractivity contribution in [1.82, 2.24) is 10.4 Å². The van der Waals surface area contributed by atoms with Crippen LogP contribution in [0.3, 0.4) is 0 Å². The maximum absolute atomic E-state index is 13.2. The number of nitrogens with zero attached hydrogens (tertiary/aromatic N) is 1. The lowest BCUT2D eigenvalue weighted by Crippen LogP contribution is -2.63. The lowest BCUT2D eigenvalue weighted by molar-refractivity contribution is -0.300. The highest BCUT2D eigenvalue weighted by Gasteiger charge is 2.46. The second-order valence-corrected chi connectivity index (χ2v) is 15.2. The third kappa shape index (κ3) is 9.72. The fourth-order valence-corrected chi connectivity index (χ4v) is 8.62. The van der Waals surface area contributed by atoms with Crippen molar-refractivity contribution >= 4 is 23.8 Å². The fraction of sp³-hybridized carbons (Fsp3) is 0.524.